The van der Waals surface area contributed by atoms with Gasteiger partial charge in [0.15, 0.2) is 17.5 Å². The molecule has 0 unspecified atom stereocenters. The lowest BCUT2D eigenvalue weighted by Crippen LogP contribution is -2.33. The number of nitrogens with zero attached hydrogens (tertiary/aromatic N) is 5. The van der Waals surface area contributed by atoms with Gasteiger partial charge in [0.05, 0.1) is 0 Å². The van der Waals surface area contributed by atoms with Gasteiger partial charge in [-0.05, 0) is 50.1 Å². The average Bonchev–Trinajstić information content (AvgIpc) is 3.50. The Kier molecular flexibility index (Phi) is 7.27. The number of hydrogen-bond acceptors (Lipinski definition) is 5. The minimum absolute atomic E-state index is 0.0254. The number of nitrogens with one attached hydrogen (secondary N) is 2. The van der Waals surface area contributed by atoms with Crippen LogP contribution in [0.4, 0.5) is 11.6 Å². The van der Waals surface area contributed by atoms with Crippen LogP contribution >= 0.6 is 0 Å². The highest BCUT2D eigenvalue weighted by Crippen LogP contribution is 2.20. The van der Waals surface area contributed by atoms with Gasteiger partial charge >= 0.3 is 0 Å². The lowest BCUT2D eigenvalue weighted by molar-refractivity contribution is 0.0757. The molecular weight excluding hydrogens is 438 g/mol. The summed E-state index contributed by atoms with van der Waals surface area (Å²) in [6.07, 6.45) is 9.40. The summed E-state index contributed by atoms with van der Waals surface area (Å²) >= 11 is 0. The van der Waals surface area contributed by atoms with Crippen LogP contribution < -0.4 is 5.32 Å². The fourth-order valence-corrected chi connectivity index (χ4v) is 3.86. The van der Waals surface area contributed by atoms with E-state index in [1.807, 2.05) is 48.4 Å². The topological polar surface area (TPSA) is 91.2 Å². The van der Waals surface area contributed by atoms with E-state index in [2.05, 4.69) is 40.0 Å². The van der Waals surface area contributed by atoms with E-state index < -0.39 is 0 Å². The van der Waals surface area contributed by atoms with Crippen LogP contribution in [0.15, 0.2) is 60.8 Å². The van der Waals surface area contributed by atoms with Crippen LogP contribution in [0.25, 0.3) is 5.52 Å². The molecule has 0 saturated heterocycles. The number of terminal acetylenes is 1. The van der Waals surface area contributed by atoms with Crippen molar-refractivity contribution in [2.24, 2.45) is 0 Å². The maximum Gasteiger partial charge on any atom is 0.253 e. The van der Waals surface area contributed by atoms with Crippen LogP contribution in [0.1, 0.15) is 47.2 Å². The molecule has 0 aliphatic rings. The number of carbonyl (C=O) groups is 1. The first kappa shape index (κ1) is 23.8. The molecule has 0 aliphatic carbocycles. The van der Waals surface area contributed by atoms with E-state index in [9.17, 15) is 4.79 Å². The molecule has 1 amide bonds. The molecule has 2 N–H and O–H groups in total. The third-order valence-corrected chi connectivity index (χ3v) is 5.59. The lowest BCUT2D eigenvalue weighted by atomic mass is 10.1. The van der Waals surface area contributed by atoms with Crippen molar-refractivity contribution in [3.05, 3.63) is 83.5 Å². The van der Waals surface area contributed by atoms with Gasteiger partial charge in [-0.15, -0.1) is 6.42 Å². The van der Waals surface area contributed by atoms with E-state index in [4.69, 9.17) is 11.4 Å². The predicted octanol–water partition coefficient (Wildman–Crippen LogP) is 4.53. The van der Waals surface area contributed by atoms with Crippen LogP contribution in [0.2, 0.25) is 0 Å². The number of rotatable bonds is 10. The zero-order chi connectivity index (χ0) is 24.8. The van der Waals surface area contributed by atoms with Gasteiger partial charge < -0.3 is 10.2 Å². The first-order valence-electron chi connectivity index (χ1n) is 11.6. The SMILES string of the molecule is C#Cc1cccc(C(=O)N(CCC)CCC(=C)Cc2nc(Nc3cc(C)[nH]n3)c3cccn3n2)c1. The van der Waals surface area contributed by atoms with Crippen molar-refractivity contribution in [1.82, 2.24) is 29.7 Å². The van der Waals surface area contributed by atoms with E-state index in [0.717, 1.165) is 23.2 Å². The molecule has 0 bridgehead atoms. The summed E-state index contributed by atoms with van der Waals surface area (Å²) < 4.78 is 1.79. The van der Waals surface area contributed by atoms with E-state index >= 15 is 0 Å². The molecule has 0 radical (unpaired) electrons. The Morgan fingerprint density at radius 3 is 2.86 bits per heavy atom. The Balaban J connectivity index is 1.44. The van der Waals surface area contributed by atoms with Gasteiger partial charge in [-0.25, -0.2) is 9.50 Å². The second kappa shape index (κ2) is 10.7. The number of carbonyl (C=O) groups excluding carboxylic acids is 1. The minimum atomic E-state index is -0.0254. The summed E-state index contributed by atoms with van der Waals surface area (Å²) in [6, 6.07) is 13.0. The van der Waals surface area contributed by atoms with Crippen LogP contribution in [0.3, 0.4) is 0 Å². The minimum Gasteiger partial charge on any atom is -0.338 e. The molecule has 3 heterocycles. The standard InChI is InChI=1S/C27H29N7O/c1-5-13-33(27(35)22-10-7-9-21(6-2)18-22)15-12-19(3)16-25-29-26(23-11-8-14-34(23)32-25)28-24-17-20(4)30-31-24/h2,7-11,14,17-18H,3,5,12-13,15-16H2,1,4H3,(H2,28,29,30,31,32). The van der Waals surface area contributed by atoms with Gasteiger partial charge in [0.1, 0.15) is 5.52 Å². The van der Waals surface area contributed by atoms with E-state index in [-0.39, 0.29) is 5.91 Å². The molecule has 35 heavy (non-hydrogen) atoms. The Hall–Kier alpha value is -4.38. The number of H-pyrrole nitrogens is 1. The second-order valence-corrected chi connectivity index (χ2v) is 8.47. The number of aromatic nitrogens is 5. The molecule has 3 aromatic heterocycles. The molecule has 0 fully saturated rings. The van der Waals surface area contributed by atoms with Crippen molar-refractivity contribution in [2.75, 3.05) is 18.4 Å². The largest absolute Gasteiger partial charge is 0.338 e. The molecule has 4 rings (SSSR count). The number of anilines is 2. The Morgan fingerprint density at radius 1 is 1.26 bits per heavy atom. The summed E-state index contributed by atoms with van der Waals surface area (Å²) in [5.41, 5.74) is 4.06. The van der Waals surface area contributed by atoms with E-state index in [1.165, 1.54) is 0 Å². The molecule has 1 aromatic carbocycles. The van der Waals surface area contributed by atoms with Crippen molar-refractivity contribution >= 4 is 23.1 Å². The number of benzene rings is 1. The zero-order valence-electron chi connectivity index (χ0n) is 20.1. The van der Waals surface area contributed by atoms with Gasteiger partial charge in [-0.2, -0.15) is 10.2 Å². The highest BCUT2D eigenvalue weighted by molar-refractivity contribution is 5.94. The maximum absolute atomic E-state index is 13.1. The summed E-state index contributed by atoms with van der Waals surface area (Å²) in [5, 5.41) is 15.1. The molecule has 4 aromatic rings. The van der Waals surface area contributed by atoms with Crippen LogP contribution in [0, 0.1) is 19.3 Å². The van der Waals surface area contributed by atoms with Crippen molar-refractivity contribution in [3.63, 3.8) is 0 Å². The monoisotopic (exact) mass is 467 g/mol. The van der Waals surface area contributed by atoms with Gasteiger partial charge in [0.25, 0.3) is 5.91 Å². The second-order valence-electron chi connectivity index (χ2n) is 8.47. The molecule has 0 spiro atoms. The third-order valence-electron chi connectivity index (χ3n) is 5.59. The molecular formula is C27H29N7O. The average molecular weight is 468 g/mol. The van der Waals surface area contributed by atoms with E-state index in [1.54, 1.807) is 16.6 Å². The van der Waals surface area contributed by atoms with Gasteiger partial charge in [-0.1, -0.05) is 31.1 Å². The molecule has 0 atom stereocenters. The molecule has 0 saturated carbocycles. The highest BCUT2D eigenvalue weighted by atomic mass is 16.2. The number of aromatic amines is 1. The molecule has 8 nitrogen and oxygen atoms in total. The first-order valence-corrected chi connectivity index (χ1v) is 11.6. The number of aryl methyl sites for hydroxylation is 1. The quantitative estimate of drug-likeness (QED) is 0.264. The fourth-order valence-electron chi connectivity index (χ4n) is 3.86. The van der Waals surface area contributed by atoms with Crippen molar-refractivity contribution in [2.45, 2.75) is 33.1 Å². The van der Waals surface area contributed by atoms with Gasteiger partial charge in [-0.3, -0.25) is 9.89 Å². The van der Waals surface area contributed by atoms with Crippen molar-refractivity contribution in [3.8, 4) is 12.3 Å². The Bertz CT molecular complexity index is 1390. The van der Waals surface area contributed by atoms with Crippen molar-refractivity contribution in [1.29, 1.82) is 0 Å². The summed E-state index contributed by atoms with van der Waals surface area (Å²) in [6.45, 7) is 9.46. The fraction of sp³-hybridized carbons (Fsp3) is 0.259. The zero-order valence-corrected chi connectivity index (χ0v) is 20.1. The van der Waals surface area contributed by atoms with Crippen LogP contribution in [-0.2, 0) is 6.42 Å². The van der Waals surface area contributed by atoms with Crippen LogP contribution in [0.5, 0.6) is 0 Å². The Labute approximate surface area is 205 Å². The van der Waals surface area contributed by atoms with Crippen molar-refractivity contribution < 1.29 is 4.79 Å². The normalized spacial score (nSPS) is 10.8. The predicted molar refractivity (Wildman–Crippen MR) is 138 cm³/mol. The Morgan fingerprint density at radius 2 is 2.11 bits per heavy atom. The summed E-state index contributed by atoms with van der Waals surface area (Å²) in [4.78, 5) is 19.7. The smallest absolute Gasteiger partial charge is 0.253 e. The van der Waals surface area contributed by atoms with Gasteiger partial charge in [0, 0.05) is 48.6 Å². The van der Waals surface area contributed by atoms with Gasteiger partial charge in [0.2, 0.25) is 0 Å². The first-order chi connectivity index (χ1) is 17.0. The summed E-state index contributed by atoms with van der Waals surface area (Å²) in [7, 11) is 0. The number of fused-ring (bicyclic) bond motifs is 1. The molecule has 178 valence electrons. The molecule has 8 heteroatoms. The highest BCUT2D eigenvalue weighted by Gasteiger charge is 2.16. The number of hydrogen-bond donors (Lipinski definition) is 2. The van der Waals surface area contributed by atoms with E-state index in [0.29, 0.717) is 54.5 Å². The third kappa shape index (κ3) is 5.76. The maximum atomic E-state index is 13.1. The number of amides is 1. The lowest BCUT2D eigenvalue weighted by Gasteiger charge is -2.23. The summed E-state index contributed by atoms with van der Waals surface area (Å²) in [5.74, 6) is 4.58. The van der Waals surface area contributed by atoms with Crippen LogP contribution in [-0.4, -0.2) is 48.7 Å². The molecule has 0 aliphatic heterocycles.